The Labute approximate surface area is 109 Å². The van der Waals surface area contributed by atoms with Gasteiger partial charge in [-0.05, 0) is 37.0 Å². The standard InChI is InChI=1S/C12H21N3O2S/c1-3-18(16,17)8-4-5-12(15-13)11-9-14-7-6-10(11)2/h6-7,9,12,15H,3-5,8,13H2,1-2H3. The van der Waals surface area contributed by atoms with E-state index in [4.69, 9.17) is 5.84 Å². The van der Waals surface area contributed by atoms with Gasteiger partial charge in [-0.2, -0.15) is 0 Å². The van der Waals surface area contributed by atoms with Crippen molar-refractivity contribution in [1.82, 2.24) is 10.4 Å². The third-order valence-electron chi connectivity index (χ3n) is 3.04. The summed E-state index contributed by atoms with van der Waals surface area (Å²) >= 11 is 0. The van der Waals surface area contributed by atoms with Crippen molar-refractivity contribution in [2.24, 2.45) is 5.84 Å². The van der Waals surface area contributed by atoms with Crippen LogP contribution in [0.1, 0.15) is 36.9 Å². The van der Waals surface area contributed by atoms with E-state index in [1.54, 1.807) is 19.3 Å². The van der Waals surface area contributed by atoms with Gasteiger partial charge < -0.3 is 0 Å². The molecule has 0 bridgehead atoms. The first kappa shape index (κ1) is 15.1. The maximum atomic E-state index is 11.4. The molecule has 18 heavy (non-hydrogen) atoms. The van der Waals surface area contributed by atoms with Gasteiger partial charge in [-0.25, -0.2) is 8.42 Å². The number of sulfone groups is 1. The summed E-state index contributed by atoms with van der Waals surface area (Å²) in [6, 6.07) is 1.87. The number of rotatable bonds is 7. The van der Waals surface area contributed by atoms with E-state index in [0.717, 1.165) is 11.1 Å². The van der Waals surface area contributed by atoms with E-state index in [1.165, 1.54) is 0 Å². The van der Waals surface area contributed by atoms with Crippen molar-refractivity contribution in [3.63, 3.8) is 0 Å². The van der Waals surface area contributed by atoms with E-state index in [9.17, 15) is 8.42 Å². The van der Waals surface area contributed by atoms with E-state index in [0.29, 0.717) is 12.8 Å². The summed E-state index contributed by atoms with van der Waals surface area (Å²) < 4.78 is 22.8. The van der Waals surface area contributed by atoms with Crippen molar-refractivity contribution < 1.29 is 8.42 Å². The quantitative estimate of drug-likeness (QED) is 0.573. The molecule has 1 atom stereocenters. The largest absolute Gasteiger partial charge is 0.271 e. The molecule has 0 spiro atoms. The van der Waals surface area contributed by atoms with Gasteiger partial charge in [0.25, 0.3) is 0 Å². The van der Waals surface area contributed by atoms with Crippen LogP contribution in [0.25, 0.3) is 0 Å². The Balaban J connectivity index is 2.61. The van der Waals surface area contributed by atoms with Crippen LogP contribution in [0.5, 0.6) is 0 Å². The normalized spacial score (nSPS) is 13.5. The third kappa shape index (κ3) is 4.36. The molecule has 1 unspecified atom stereocenters. The second kappa shape index (κ2) is 6.82. The van der Waals surface area contributed by atoms with E-state index in [2.05, 4.69) is 10.4 Å². The highest BCUT2D eigenvalue weighted by Crippen LogP contribution is 2.20. The zero-order chi connectivity index (χ0) is 13.6. The molecule has 0 fully saturated rings. The summed E-state index contributed by atoms with van der Waals surface area (Å²) in [7, 11) is -2.90. The number of hydrazine groups is 1. The summed E-state index contributed by atoms with van der Waals surface area (Å²) in [6.45, 7) is 3.66. The van der Waals surface area contributed by atoms with E-state index in [-0.39, 0.29) is 17.5 Å². The molecular formula is C12H21N3O2S. The molecule has 3 N–H and O–H groups in total. The van der Waals surface area contributed by atoms with Crippen LogP contribution >= 0.6 is 0 Å². The van der Waals surface area contributed by atoms with Gasteiger partial charge in [0, 0.05) is 24.2 Å². The lowest BCUT2D eigenvalue weighted by atomic mass is 10.0. The van der Waals surface area contributed by atoms with Crippen molar-refractivity contribution >= 4 is 9.84 Å². The number of nitrogens with zero attached hydrogens (tertiary/aromatic N) is 1. The number of pyridine rings is 1. The number of aryl methyl sites for hydroxylation is 1. The number of hydrogen-bond acceptors (Lipinski definition) is 5. The number of nitrogens with one attached hydrogen (secondary N) is 1. The molecule has 0 saturated heterocycles. The SMILES string of the molecule is CCS(=O)(=O)CCCC(NN)c1cnccc1C. The summed E-state index contributed by atoms with van der Waals surface area (Å²) in [5, 5.41) is 0. The Hall–Kier alpha value is -0.980. The van der Waals surface area contributed by atoms with Gasteiger partial charge in [0.1, 0.15) is 9.84 Å². The smallest absolute Gasteiger partial charge is 0.150 e. The zero-order valence-corrected chi connectivity index (χ0v) is 11.7. The van der Waals surface area contributed by atoms with E-state index < -0.39 is 9.84 Å². The lowest BCUT2D eigenvalue weighted by Gasteiger charge is -2.17. The highest BCUT2D eigenvalue weighted by Gasteiger charge is 2.14. The average Bonchev–Trinajstić information content (AvgIpc) is 2.36. The summed E-state index contributed by atoms with van der Waals surface area (Å²) in [4.78, 5) is 4.07. The molecule has 1 heterocycles. The second-order valence-electron chi connectivity index (χ2n) is 4.33. The maximum absolute atomic E-state index is 11.4. The van der Waals surface area contributed by atoms with Gasteiger partial charge in [-0.15, -0.1) is 0 Å². The zero-order valence-electron chi connectivity index (χ0n) is 10.9. The minimum absolute atomic E-state index is 0.0502. The van der Waals surface area contributed by atoms with Gasteiger partial charge in [-0.1, -0.05) is 6.92 Å². The van der Waals surface area contributed by atoms with Crippen LogP contribution in [-0.2, 0) is 9.84 Å². The van der Waals surface area contributed by atoms with Crippen molar-refractivity contribution in [3.8, 4) is 0 Å². The number of hydrogen-bond donors (Lipinski definition) is 2. The van der Waals surface area contributed by atoms with Crippen LogP contribution in [0.4, 0.5) is 0 Å². The van der Waals surface area contributed by atoms with Gasteiger partial charge in [0.2, 0.25) is 0 Å². The molecule has 0 aromatic carbocycles. The van der Waals surface area contributed by atoms with Crippen LogP contribution in [0.15, 0.2) is 18.5 Å². The fraction of sp³-hybridized carbons (Fsp3) is 0.583. The molecule has 1 aromatic heterocycles. The molecular weight excluding hydrogens is 250 g/mol. The topological polar surface area (TPSA) is 85.1 Å². The molecule has 6 heteroatoms. The minimum Gasteiger partial charge on any atom is -0.271 e. The Morgan fingerprint density at radius 2 is 2.22 bits per heavy atom. The summed E-state index contributed by atoms with van der Waals surface area (Å²) in [5.41, 5.74) is 4.85. The first-order valence-corrected chi connectivity index (χ1v) is 7.89. The molecule has 5 nitrogen and oxygen atoms in total. The van der Waals surface area contributed by atoms with Crippen LogP contribution < -0.4 is 11.3 Å². The fourth-order valence-electron chi connectivity index (χ4n) is 1.82. The maximum Gasteiger partial charge on any atom is 0.150 e. The number of aromatic nitrogens is 1. The summed E-state index contributed by atoms with van der Waals surface area (Å²) in [5.74, 6) is 5.93. The van der Waals surface area contributed by atoms with Gasteiger partial charge >= 0.3 is 0 Å². The van der Waals surface area contributed by atoms with E-state index >= 15 is 0 Å². The Kier molecular flexibility index (Phi) is 5.71. The molecule has 0 radical (unpaired) electrons. The van der Waals surface area contributed by atoms with Crippen molar-refractivity contribution in [2.75, 3.05) is 11.5 Å². The molecule has 0 aliphatic rings. The van der Waals surface area contributed by atoms with Crippen molar-refractivity contribution in [2.45, 2.75) is 32.7 Å². The molecule has 0 aliphatic carbocycles. The Morgan fingerprint density at radius 3 is 2.78 bits per heavy atom. The lowest BCUT2D eigenvalue weighted by molar-refractivity contribution is 0.504. The second-order valence-corrected chi connectivity index (χ2v) is 6.80. The van der Waals surface area contributed by atoms with Crippen LogP contribution in [0.2, 0.25) is 0 Å². The molecule has 0 aliphatic heterocycles. The monoisotopic (exact) mass is 271 g/mol. The highest BCUT2D eigenvalue weighted by molar-refractivity contribution is 7.91. The van der Waals surface area contributed by atoms with Gasteiger partial charge in [0.05, 0.1) is 5.75 Å². The fourth-order valence-corrected chi connectivity index (χ4v) is 2.72. The van der Waals surface area contributed by atoms with Crippen molar-refractivity contribution in [1.29, 1.82) is 0 Å². The van der Waals surface area contributed by atoms with Crippen LogP contribution in [0.3, 0.4) is 0 Å². The summed E-state index contributed by atoms with van der Waals surface area (Å²) in [6.07, 6.45) is 4.78. The molecule has 0 saturated carbocycles. The predicted octanol–water partition coefficient (Wildman–Crippen LogP) is 1.11. The first-order chi connectivity index (χ1) is 8.50. The molecule has 1 rings (SSSR count). The van der Waals surface area contributed by atoms with E-state index in [1.807, 2.05) is 13.0 Å². The highest BCUT2D eigenvalue weighted by atomic mass is 32.2. The van der Waals surface area contributed by atoms with Crippen LogP contribution in [-0.4, -0.2) is 24.9 Å². The van der Waals surface area contributed by atoms with Crippen LogP contribution in [0, 0.1) is 6.92 Å². The van der Waals surface area contributed by atoms with Gasteiger partial charge in [0.15, 0.2) is 0 Å². The third-order valence-corrected chi connectivity index (χ3v) is 4.83. The first-order valence-electron chi connectivity index (χ1n) is 6.07. The molecule has 0 amide bonds. The minimum atomic E-state index is -2.90. The molecule has 1 aromatic rings. The van der Waals surface area contributed by atoms with Gasteiger partial charge in [-0.3, -0.25) is 16.3 Å². The molecule has 102 valence electrons. The Bertz CT molecular complexity index is 474. The Morgan fingerprint density at radius 1 is 1.50 bits per heavy atom. The lowest BCUT2D eigenvalue weighted by Crippen LogP contribution is -2.29. The average molecular weight is 271 g/mol. The number of nitrogens with two attached hydrogens (primary N) is 1. The van der Waals surface area contributed by atoms with Crippen molar-refractivity contribution in [3.05, 3.63) is 29.6 Å². The predicted molar refractivity (Wildman–Crippen MR) is 72.6 cm³/mol.